The normalized spacial score (nSPS) is 10.2. The van der Waals surface area contributed by atoms with Gasteiger partial charge in [0.2, 0.25) is 0 Å². The van der Waals surface area contributed by atoms with Gasteiger partial charge in [0, 0.05) is 13.0 Å². The van der Waals surface area contributed by atoms with Crippen molar-refractivity contribution >= 4 is 11.8 Å². The Morgan fingerprint density at radius 2 is 1.88 bits per heavy atom. The number of carbonyl (C=O) groups excluding carboxylic acids is 1. The van der Waals surface area contributed by atoms with E-state index in [1.54, 1.807) is 24.3 Å². The highest BCUT2D eigenvalue weighted by Gasteiger charge is 2.16. The summed E-state index contributed by atoms with van der Waals surface area (Å²) in [5.74, 6) is -1.38. The number of aromatic carboxylic acids is 1. The number of carboxylic acid groups (broad SMARTS) is 1. The number of ketones is 1. The van der Waals surface area contributed by atoms with E-state index in [0.29, 0.717) is 5.69 Å². The van der Waals surface area contributed by atoms with Gasteiger partial charge in [-0.1, -0.05) is 18.2 Å². The van der Waals surface area contributed by atoms with Gasteiger partial charge in [-0.15, -0.1) is 0 Å². The quantitative estimate of drug-likeness (QED) is 0.815. The molecule has 86 valence electrons. The number of hydrogen-bond donors (Lipinski definition) is 1. The molecule has 0 aliphatic heterocycles. The van der Waals surface area contributed by atoms with Gasteiger partial charge in [-0.25, -0.2) is 9.48 Å². The number of hydrogen-bond acceptors (Lipinski definition) is 3. The van der Waals surface area contributed by atoms with Crippen molar-refractivity contribution in [3.8, 4) is 5.69 Å². The Bertz CT molecular complexity index is 573. The molecule has 2 rings (SSSR count). The van der Waals surface area contributed by atoms with Crippen LogP contribution in [0.5, 0.6) is 0 Å². The van der Waals surface area contributed by atoms with E-state index in [-0.39, 0.29) is 17.2 Å². The van der Waals surface area contributed by atoms with Gasteiger partial charge >= 0.3 is 5.97 Å². The average Bonchev–Trinajstić information content (AvgIpc) is 2.75. The van der Waals surface area contributed by atoms with Crippen LogP contribution in [0.3, 0.4) is 0 Å². The summed E-state index contributed by atoms with van der Waals surface area (Å²) < 4.78 is 1.34. The van der Waals surface area contributed by atoms with E-state index in [0.717, 1.165) is 0 Å². The monoisotopic (exact) mass is 230 g/mol. The zero-order chi connectivity index (χ0) is 12.4. The molecule has 5 nitrogen and oxygen atoms in total. The number of carboxylic acids is 1. The molecule has 0 fully saturated rings. The van der Waals surface area contributed by atoms with Crippen LogP contribution in [0.15, 0.2) is 36.4 Å². The number of benzene rings is 1. The molecule has 17 heavy (non-hydrogen) atoms. The lowest BCUT2D eigenvalue weighted by molar-refractivity contribution is 0.0690. The van der Waals surface area contributed by atoms with E-state index in [4.69, 9.17) is 5.11 Å². The third kappa shape index (κ3) is 2.08. The first-order valence-corrected chi connectivity index (χ1v) is 4.99. The van der Waals surface area contributed by atoms with E-state index >= 15 is 0 Å². The standard InChI is InChI=1S/C12H10N2O3/c1-8(15)11-7-10(12(16)17)13-14(11)9-5-3-2-4-6-9/h2-7H,1H3,(H,16,17). The van der Waals surface area contributed by atoms with Gasteiger partial charge in [0.1, 0.15) is 5.69 Å². The van der Waals surface area contributed by atoms with E-state index in [9.17, 15) is 9.59 Å². The van der Waals surface area contributed by atoms with Crippen molar-refractivity contribution in [3.05, 3.63) is 47.8 Å². The summed E-state index contributed by atoms with van der Waals surface area (Å²) in [5.41, 5.74) is 0.776. The minimum absolute atomic E-state index is 0.140. The Kier molecular flexibility index (Phi) is 2.74. The first-order chi connectivity index (χ1) is 8.09. The highest BCUT2D eigenvalue weighted by atomic mass is 16.4. The molecular weight excluding hydrogens is 220 g/mol. The molecule has 1 heterocycles. The number of rotatable bonds is 3. The fourth-order valence-electron chi connectivity index (χ4n) is 1.50. The lowest BCUT2D eigenvalue weighted by atomic mass is 10.2. The predicted molar refractivity (Wildman–Crippen MR) is 60.5 cm³/mol. The molecule has 1 aromatic carbocycles. The Labute approximate surface area is 97.3 Å². The molecule has 5 heteroatoms. The molecule has 2 aromatic rings. The van der Waals surface area contributed by atoms with Gasteiger partial charge in [0.05, 0.1) is 5.69 Å². The van der Waals surface area contributed by atoms with Crippen molar-refractivity contribution in [2.24, 2.45) is 0 Å². The van der Waals surface area contributed by atoms with Crippen LogP contribution in [0.25, 0.3) is 5.69 Å². The van der Waals surface area contributed by atoms with Crippen LogP contribution in [-0.4, -0.2) is 26.6 Å². The number of carbonyl (C=O) groups is 2. The molecule has 0 spiro atoms. The molecular formula is C12H10N2O3. The highest BCUT2D eigenvalue weighted by Crippen LogP contribution is 2.13. The molecule has 1 N–H and O–H groups in total. The van der Waals surface area contributed by atoms with E-state index in [2.05, 4.69) is 5.10 Å². The van der Waals surface area contributed by atoms with Gasteiger partial charge in [0.25, 0.3) is 0 Å². The maximum absolute atomic E-state index is 11.4. The van der Waals surface area contributed by atoms with E-state index in [1.165, 1.54) is 17.7 Å². The summed E-state index contributed by atoms with van der Waals surface area (Å²) in [5, 5.41) is 12.8. The lowest BCUT2D eigenvalue weighted by Gasteiger charge is -2.03. The van der Waals surface area contributed by atoms with Crippen LogP contribution >= 0.6 is 0 Å². The third-order valence-corrected chi connectivity index (χ3v) is 2.29. The second kappa shape index (κ2) is 4.21. The van der Waals surface area contributed by atoms with Crippen LogP contribution in [0, 0.1) is 0 Å². The van der Waals surface area contributed by atoms with Gasteiger partial charge < -0.3 is 5.11 Å². The smallest absolute Gasteiger partial charge is 0.356 e. The van der Waals surface area contributed by atoms with E-state index in [1.807, 2.05) is 6.07 Å². The third-order valence-electron chi connectivity index (χ3n) is 2.29. The number of nitrogens with zero attached hydrogens (tertiary/aromatic N) is 2. The van der Waals surface area contributed by atoms with Crippen LogP contribution in [0.2, 0.25) is 0 Å². The molecule has 0 atom stereocenters. The van der Waals surface area contributed by atoms with Crippen molar-refractivity contribution in [3.63, 3.8) is 0 Å². The summed E-state index contributed by atoms with van der Waals surface area (Å²) in [6.45, 7) is 1.38. The Hall–Kier alpha value is -2.43. The first kappa shape index (κ1) is 11.1. The molecule has 1 aromatic heterocycles. The Balaban J connectivity index is 2.60. The molecule has 0 saturated carbocycles. The average molecular weight is 230 g/mol. The Morgan fingerprint density at radius 1 is 1.24 bits per heavy atom. The number of aromatic nitrogens is 2. The van der Waals surface area contributed by atoms with Gasteiger partial charge in [-0.05, 0) is 12.1 Å². The highest BCUT2D eigenvalue weighted by molar-refractivity contribution is 5.96. The van der Waals surface area contributed by atoms with Crippen molar-refractivity contribution in [2.75, 3.05) is 0 Å². The molecule has 0 radical (unpaired) electrons. The summed E-state index contributed by atoms with van der Waals surface area (Å²) in [4.78, 5) is 22.3. The van der Waals surface area contributed by atoms with Crippen LogP contribution < -0.4 is 0 Å². The molecule has 0 amide bonds. The minimum atomic E-state index is -1.15. The molecule has 0 aliphatic rings. The second-order valence-electron chi connectivity index (χ2n) is 3.52. The number of para-hydroxylation sites is 1. The minimum Gasteiger partial charge on any atom is -0.476 e. The van der Waals surface area contributed by atoms with Crippen LogP contribution in [0.4, 0.5) is 0 Å². The largest absolute Gasteiger partial charge is 0.476 e. The van der Waals surface area contributed by atoms with Crippen molar-refractivity contribution < 1.29 is 14.7 Å². The SMILES string of the molecule is CC(=O)c1cc(C(=O)O)nn1-c1ccccc1. The summed E-state index contributed by atoms with van der Waals surface area (Å²) in [7, 11) is 0. The topological polar surface area (TPSA) is 72.2 Å². The summed E-state index contributed by atoms with van der Waals surface area (Å²) in [6, 6.07) is 10.2. The predicted octanol–water partition coefficient (Wildman–Crippen LogP) is 1.77. The molecule has 0 saturated heterocycles. The molecule has 0 aliphatic carbocycles. The first-order valence-electron chi connectivity index (χ1n) is 4.99. The zero-order valence-electron chi connectivity index (χ0n) is 9.12. The molecule has 0 bridgehead atoms. The van der Waals surface area contributed by atoms with Crippen molar-refractivity contribution in [1.82, 2.24) is 9.78 Å². The van der Waals surface area contributed by atoms with Gasteiger partial charge in [-0.2, -0.15) is 5.10 Å². The van der Waals surface area contributed by atoms with Crippen molar-refractivity contribution in [2.45, 2.75) is 6.92 Å². The van der Waals surface area contributed by atoms with Gasteiger partial charge in [0.15, 0.2) is 11.5 Å². The second-order valence-corrected chi connectivity index (χ2v) is 3.52. The summed E-state index contributed by atoms with van der Waals surface area (Å²) >= 11 is 0. The number of Topliss-reactive ketones (excluding diaryl/α,β-unsaturated/α-hetero) is 1. The maximum atomic E-state index is 11.4. The van der Waals surface area contributed by atoms with E-state index < -0.39 is 5.97 Å². The Morgan fingerprint density at radius 3 is 2.41 bits per heavy atom. The maximum Gasteiger partial charge on any atom is 0.356 e. The fourth-order valence-corrected chi connectivity index (χ4v) is 1.50. The lowest BCUT2D eigenvalue weighted by Crippen LogP contribution is -2.06. The summed E-state index contributed by atoms with van der Waals surface area (Å²) in [6.07, 6.45) is 0. The van der Waals surface area contributed by atoms with Crippen molar-refractivity contribution in [1.29, 1.82) is 0 Å². The van der Waals surface area contributed by atoms with Gasteiger partial charge in [-0.3, -0.25) is 4.79 Å². The molecule has 0 unspecified atom stereocenters. The van der Waals surface area contributed by atoms with Crippen LogP contribution in [0.1, 0.15) is 27.9 Å². The fraction of sp³-hybridized carbons (Fsp3) is 0.0833. The van der Waals surface area contributed by atoms with Crippen LogP contribution in [-0.2, 0) is 0 Å². The zero-order valence-corrected chi connectivity index (χ0v) is 9.12.